The first-order valence-electron chi connectivity index (χ1n) is 11.3. The van der Waals surface area contributed by atoms with Gasteiger partial charge in [0.05, 0.1) is 22.0 Å². The van der Waals surface area contributed by atoms with Gasteiger partial charge >= 0.3 is 0 Å². The molecular weight excluding hydrogens is 509 g/mol. The van der Waals surface area contributed by atoms with Gasteiger partial charge in [-0.2, -0.15) is 0 Å². The topological polar surface area (TPSA) is 86.8 Å². The second-order valence-corrected chi connectivity index (χ2v) is 11.8. The van der Waals surface area contributed by atoms with Crippen molar-refractivity contribution in [1.82, 2.24) is 10.2 Å². The second kappa shape index (κ2) is 12.1. The number of benzene rings is 2. The van der Waals surface area contributed by atoms with Gasteiger partial charge in [0.25, 0.3) is 0 Å². The van der Waals surface area contributed by atoms with Crippen LogP contribution in [0.1, 0.15) is 37.5 Å². The highest BCUT2D eigenvalue weighted by Gasteiger charge is 2.31. The molecule has 2 rings (SSSR count). The number of para-hydroxylation sites is 1. The van der Waals surface area contributed by atoms with E-state index in [0.717, 1.165) is 21.7 Å². The van der Waals surface area contributed by atoms with E-state index in [9.17, 15) is 18.0 Å². The fourth-order valence-corrected chi connectivity index (χ4v) is 4.93. The Balaban J connectivity index is 2.45. The van der Waals surface area contributed by atoms with Crippen LogP contribution < -0.4 is 9.62 Å². The zero-order valence-electron chi connectivity index (χ0n) is 20.9. The number of hydrogen-bond donors (Lipinski definition) is 1. The summed E-state index contributed by atoms with van der Waals surface area (Å²) in [6, 6.07) is 9.52. The number of rotatable bonds is 10. The zero-order chi connectivity index (χ0) is 26.5. The highest BCUT2D eigenvalue weighted by molar-refractivity contribution is 7.92. The fraction of sp³-hybridized carbons (Fsp3) is 0.440. The largest absolute Gasteiger partial charge is 0.354 e. The van der Waals surface area contributed by atoms with Gasteiger partial charge in [-0.3, -0.25) is 13.9 Å². The van der Waals surface area contributed by atoms with E-state index >= 15 is 0 Å². The number of nitrogens with zero attached hydrogens (tertiary/aromatic N) is 2. The van der Waals surface area contributed by atoms with Crippen molar-refractivity contribution in [2.45, 2.75) is 47.2 Å². The molecule has 35 heavy (non-hydrogen) atoms. The van der Waals surface area contributed by atoms with E-state index in [0.29, 0.717) is 27.8 Å². The number of halogens is 2. The molecule has 0 aliphatic rings. The van der Waals surface area contributed by atoms with E-state index in [-0.39, 0.29) is 18.4 Å². The summed E-state index contributed by atoms with van der Waals surface area (Å²) in [5, 5.41) is 3.54. The maximum Gasteiger partial charge on any atom is 0.244 e. The third-order valence-corrected chi connectivity index (χ3v) is 7.41. The molecule has 0 spiro atoms. The fourth-order valence-electron chi connectivity index (χ4n) is 3.64. The predicted octanol–water partition coefficient (Wildman–Crippen LogP) is 4.57. The minimum absolute atomic E-state index is 0.0519. The molecule has 7 nitrogen and oxygen atoms in total. The minimum atomic E-state index is -3.80. The number of hydrogen-bond acceptors (Lipinski definition) is 4. The molecule has 0 aliphatic heterocycles. The standard InChI is InChI=1S/C25H33Cl2N3O4S/c1-16(2)13-28-25(32)19(5)29(14-20-10-11-21(26)22(27)12-20)23(31)15-30(35(6,33)34)24-17(3)8-7-9-18(24)4/h7-12,16,19H,13-15H2,1-6H3,(H,28,32)/t19-/m1/s1. The molecule has 1 N–H and O–H groups in total. The van der Waals surface area contributed by atoms with Gasteiger partial charge in [-0.15, -0.1) is 0 Å². The van der Waals surface area contributed by atoms with Crippen LogP contribution in [0.5, 0.6) is 0 Å². The number of amides is 2. The van der Waals surface area contributed by atoms with Gasteiger partial charge in [0.2, 0.25) is 21.8 Å². The first-order valence-corrected chi connectivity index (χ1v) is 13.9. The zero-order valence-corrected chi connectivity index (χ0v) is 23.3. The third-order valence-electron chi connectivity index (χ3n) is 5.56. The lowest BCUT2D eigenvalue weighted by molar-refractivity contribution is -0.139. The average Bonchev–Trinajstić information content (AvgIpc) is 2.76. The Bertz CT molecular complexity index is 1160. The molecular formula is C25H33Cl2N3O4S. The first kappa shape index (κ1) is 28.9. The van der Waals surface area contributed by atoms with Crippen LogP contribution in [-0.2, 0) is 26.2 Å². The third kappa shape index (κ3) is 7.85. The van der Waals surface area contributed by atoms with Crippen LogP contribution in [0.25, 0.3) is 0 Å². The van der Waals surface area contributed by atoms with Crippen molar-refractivity contribution in [3.63, 3.8) is 0 Å². The average molecular weight is 543 g/mol. The van der Waals surface area contributed by atoms with Crippen LogP contribution in [0.15, 0.2) is 36.4 Å². The molecule has 0 saturated carbocycles. The highest BCUT2D eigenvalue weighted by atomic mass is 35.5. The number of anilines is 1. The molecule has 0 aromatic heterocycles. The van der Waals surface area contributed by atoms with E-state index in [1.165, 1.54) is 4.90 Å². The van der Waals surface area contributed by atoms with Crippen LogP contribution in [-0.4, -0.2) is 50.5 Å². The summed E-state index contributed by atoms with van der Waals surface area (Å²) in [5.41, 5.74) is 2.56. The van der Waals surface area contributed by atoms with Gasteiger partial charge in [0.1, 0.15) is 12.6 Å². The van der Waals surface area contributed by atoms with Crippen LogP contribution >= 0.6 is 23.2 Å². The summed E-state index contributed by atoms with van der Waals surface area (Å²) >= 11 is 12.2. The molecule has 192 valence electrons. The summed E-state index contributed by atoms with van der Waals surface area (Å²) in [6.45, 7) is 9.20. The van der Waals surface area contributed by atoms with Crippen molar-refractivity contribution < 1.29 is 18.0 Å². The smallest absolute Gasteiger partial charge is 0.244 e. The van der Waals surface area contributed by atoms with Crippen LogP contribution in [0.4, 0.5) is 5.69 Å². The Morgan fingerprint density at radius 3 is 2.11 bits per heavy atom. The monoisotopic (exact) mass is 541 g/mol. The number of carbonyl (C=O) groups excluding carboxylic acids is 2. The van der Waals surface area contributed by atoms with E-state index < -0.39 is 28.5 Å². The van der Waals surface area contributed by atoms with Crippen molar-refractivity contribution in [2.75, 3.05) is 23.7 Å². The molecule has 0 bridgehead atoms. The lowest BCUT2D eigenvalue weighted by atomic mass is 10.1. The summed E-state index contributed by atoms with van der Waals surface area (Å²) in [5.74, 6) is -0.614. The van der Waals surface area contributed by atoms with Gasteiger partial charge in [0, 0.05) is 13.1 Å². The quantitative estimate of drug-likeness (QED) is 0.477. The molecule has 0 radical (unpaired) electrons. The first-order chi connectivity index (χ1) is 16.2. The van der Waals surface area contributed by atoms with Gasteiger partial charge < -0.3 is 10.2 Å². The number of carbonyl (C=O) groups is 2. The molecule has 10 heteroatoms. The number of sulfonamides is 1. The Kier molecular flexibility index (Phi) is 10.0. The van der Waals surface area contributed by atoms with Crippen molar-refractivity contribution in [1.29, 1.82) is 0 Å². The number of nitrogens with one attached hydrogen (secondary N) is 1. The van der Waals surface area contributed by atoms with Crippen LogP contribution in [0, 0.1) is 19.8 Å². The van der Waals surface area contributed by atoms with E-state index in [1.807, 2.05) is 19.9 Å². The van der Waals surface area contributed by atoms with Crippen molar-refractivity contribution in [3.8, 4) is 0 Å². The predicted molar refractivity (Wildman–Crippen MR) is 142 cm³/mol. The lowest BCUT2D eigenvalue weighted by Crippen LogP contribution is -2.51. The second-order valence-electron chi connectivity index (χ2n) is 9.10. The molecule has 2 amide bonds. The Hall–Kier alpha value is -2.29. The molecule has 0 heterocycles. The van der Waals surface area contributed by atoms with Gasteiger partial charge in [-0.25, -0.2) is 8.42 Å². The van der Waals surface area contributed by atoms with Crippen molar-refractivity contribution in [2.24, 2.45) is 5.92 Å². The normalized spacial score (nSPS) is 12.4. The molecule has 0 unspecified atom stereocenters. The SMILES string of the molecule is Cc1cccc(C)c1N(CC(=O)N(Cc1ccc(Cl)c(Cl)c1)[C@H](C)C(=O)NCC(C)C)S(C)(=O)=O. The van der Waals surface area contributed by atoms with Crippen molar-refractivity contribution >= 4 is 50.7 Å². The molecule has 0 fully saturated rings. The summed E-state index contributed by atoms with van der Waals surface area (Å²) < 4.78 is 26.6. The molecule has 2 aromatic carbocycles. The Morgan fingerprint density at radius 2 is 1.60 bits per heavy atom. The van der Waals surface area contributed by atoms with E-state index in [1.54, 1.807) is 51.1 Å². The van der Waals surface area contributed by atoms with Gasteiger partial charge in [0.15, 0.2) is 0 Å². The highest BCUT2D eigenvalue weighted by Crippen LogP contribution is 2.28. The van der Waals surface area contributed by atoms with Crippen molar-refractivity contribution in [3.05, 3.63) is 63.1 Å². The molecule has 0 saturated heterocycles. The Morgan fingerprint density at radius 1 is 1.00 bits per heavy atom. The maximum atomic E-state index is 13.6. The van der Waals surface area contributed by atoms with Gasteiger partial charge in [-0.1, -0.05) is 61.3 Å². The lowest BCUT2D eigenvalue weighted by Gasteiger charge is -2.32. The maximum absolute atomic E-state index is 13.6. The van der Waals surface area contributed by atoms with E-state index in [2.05, 4.69) is 5.32 Å². The molecule has 1 atom stereocenters. The van der Waals surface area contributed by atoms with Crippen LogP contribution in [0.2, 0.25) is 10.0 Å². The summed E-state index contributed by atoms with van der Waals surface area (Å²) in [6.07, 6.45) is 1.06. The Labute approximate surface area is 218 Å². The molecule has 0 aliphatic carbocycles. The minimum Gasteiger partial charge on any atom is -0.354 e. The van der Waals surface area contributed by atoms with Gasteiger partial charge in [-0.05, 0) is 55.5 Å². The van der Waals surface area contributed by atoms with Crippen LogP contribution in [0.3, 0.4) is 0 Å². The summed E-state index contributed by atoms with van der Waals surface area (Å²) in [7, 11) is -3.80. The molecule has 2 aromatic rings. The van der Waals surface area contributed by atoms with E-state index in [4.69, 9.17) is 23.2 Å². The number of aryl methyl sites for hydroxylation is 2. The summed E-state index contributed by atoms with van der Waals surface area (Å²) in [4.78, 5) is 27.9.